The lowest BCUT2D eigenvalue weighted by atomic mass is 9.99. The molecule has 190 valence electrons. The minimum absolute atomic E-state index is 0.0985. The monoisotopic (exact) mass is 539 g/mol. The number of rotatable bonds is 7. The van der Waals surface area contributed by atoms with E-state index < -0.39 is 23.5 Å². The van der Waals surface area contributed by atoms with Gasteiger partial charge < -0.3 is 24.3 Å². The maximum absolute atomic E-state index is 13.4. The number of benzene rings is 2. The minimum atomic E-state index is -0.934. The molecular formula is C26H22ClN3O6S. The van der Waals surface area contributed by atoms with E-state index in [1.165, 1.54) is 30.5 Å². The van der Waals surface area contributed by atoms with Gasteiger partial charge in [-0.3, -0.25) is 14.5 Å². The largest absolute Gasteiger partial charge is 0.507 e. The molecule has 1 saturated heterocycles. The Morgan fingerprint density at radius 3 is 2.59 bits per heavy atom. The van der Waals surface area contributed by atoms with Crippen molar-refractivity contribution in [1.82, 2.24) is 9.97 Å². The van der Waals surface area contributed by atoms with Gasteiger partial charge in [-0.2, -0.15) is 0 Å². The van der Waals surface area contributed by atoms with Crippen molar-refractivity contribution < 1.29 is 28.9 Å². The van der Waals surface area contributed by atoms with E-state index in [9.17, 15) is 14.7 Å². The highest BCUT2D eigenvalue weighted by atomic mass is 35.5. The number of aliphatic hydroxyl groups is 1. The van der Waals surface area contributed by atoms with E-state index in [2.05, 4.69) is 9.97 Å². The van der Waals surface area contributed by atoms with Crippen molar-refractivity contribution >= 4 is 57.4 Å². The summed E-state index contributed by atoms with van der Waals surface area (Å²) in [7, 11) is 3.03. The van der Waals surface area contributed by atoms with Gasteiger partial charge in [0, 0.05) is 22.6 Å². The van der Waals surface area contributed by atoms with Gasteiger partial charge in [-0.05, 0) is 36.6 Å². The maximum atomic E-state index is 13.4. The second kappa shape index (κ2) is 9.79. The number of nitrogens with one attached hydrogen (secondary N) is 1. The molecule has 0 bridgehead atoms. The topological polar surface area (TPSA) is 114 Å². The predicted octanol–water partition coefficient (Wildman–Crippen LogP) is 5.32. The van der Waals surface area contributed by atoms with Crippen LogP contribution in [0.4, 0.5) is 5.95 Å². The van der Waals surface area contributed by atoms with Crippen molar-refractivity contribution in [2.24, 2.45) is 0 Å². The zero-order chi connectivity index (χ0) is 26.3. The average Bonchev–Trinajstić information content (AvgIpc) is 3.62. The molecule has 9 nitrogen and oxygen atoms in total. The fourth-order valence-electron chi connectivity index (χ4n) is 4.29. The molecule has 1 unspecified atom stereocenters. The summed E-state index contributed by atoms with van der Waals surface area (Å²) in [5, 5.41) is 13.4. The van der Waals surface area contributed by atoms with Gasteiger partial charge in [-0.1, -0.05) is 17.7 Å². The molecule has 0 radical (unpaired) electrons. The maximum Gasteiger partial charge on any atom is 0.302 e. The summed E-state index contributed by atoms with van der Waals surface area (Å²) in [6.45, 7) is 2.23. The van der Waals surface area contributed by atoms with Gasteiger partial charge in [-0.15, -0.1) is 11.3 Å². The van der Waals surface area contributed by atoms with Crippen LogP contribution in [0.25, 0.3) is 16.8 Å². The molecule has 1 aliphatic heterocycles. The highest BCUT2D eigenvalue weighted by Crippen LogP contribution is 2.44. The third-order valence-corrected chi connectivity index (χ3v) is 7.22. The quantitative estimate of drug-likeness (QED) is 0.185. The first-order valence-corrected chi connectivity index (χ1v) is 12.5. The molecule has 5 rings (SSSR count). The standard InChI is InChI=1S/C26H22ClN3O6S/c1-4-36-13-7-8-15(27)14(10-13)23(31)21-22(20-6-5-9-37-20)30(25(33)24(21)32)26-28-16-11-18(34-2)19(35-3)12-17(16)29-26/h5-12,22,31H,4H2,1-3H3,(H,28,29)/b23-21+. The summed E-state index contributed by atoms with van der Waals surface area (Å²) in [4.78, 5) is 36.4. The number of fused-ring (bicyclic) bond motifs is 1. The number of carbonyl (C=O) groups is 2. The van der Waals surface area contributed by atoms with Gasteiger partial charge in [0.05, 0.1) is 42.5 Å². The zero-order valence-electron chi connectivity index (χ0n) is 20.1. The molecule has 3 heterocycles. The van der Waals surface area contributed by atoms with Gasteiger partial charge in [0.25, 0.3) is 5.78 Å². The van der Waals surface area contributed by atoms with Crippen LogP contribution < -0.4 is 19.1 Å². The van der Waals surface area contributed by atoms with Gasteiger partial charge in [0.15, 0.2) is 11.5 Å². The number of ether oxygens (including phenoxy) is 3. The smallest absolute Gasteiger partial charge is 0.302 e. The third kappa shape index (κ3) is 4.17. The Bertz CT molecular complexity index is 1500. The number of nitrogens with zero attached hydrogens (tertiary/aromatic N) is 2. The summed E-state index contributed by atoms with van der Waals surface area (Å²) >= 11 is 7.73. The van der Waals surface area contributed by atoms with Gasteiger partial charge in [0.2, 0.25) is 5.95 Å². The number of thiophene rings is 1. The number of aliphatic hydroxyl groups excluding tert-OH is 1. The molecule has 4 aromatic rings. The second-order valence-corrected chi connectivity index (χ2v) is 9.43. The summed E-state index contributed by atoms with van der Waals surface area (Å²) in [6.07, 6.45) is 0. The third-order valence-electron chi connectivity index (χ3n) is 5.96. The van der Waals surface area contributed by atoms with E-state index in [-0.39, 0.29) is 22.1 Å². The van der Waals surface area contributed by atoms with E-state index in [1.807, 2.05) is 12.3 Å². The summed E-state index contributed by atoms with van der Waals surface area (Å²) < 4.78 is 16.3. The van der Waals surface area contributed by atoms with E-state index in [0.717, 1.165) is 0 Å². The predicted molar refractivity (Wildman–Crippen MR) is 141 cm³/mol. The van der Waals surface area contributed by atoms with E-state index >= 15 is 0 Å². The number of aromatic amines is 1. The number of amides is 1. The molecule has 0 saturated carbocycles. The Morgan fingerprint density at radius 1 is 1.16 bits per heavy atom. The molecule has 1 atom stereocenters. The fraction of sp³-hybridized carbons (Fsp3) is 0.192. The molecule has 1 fully saturated rings. The first kappa shape index (κ1) is 24.7. The number of imidazole rings is 1. The van der Waals surface area contributed by atoms with Crippen molar-refractivity contribution in [3.05, 3.63) is 68.9 Å². The summed E-state index contributed by atoms with van der Waals surface area (Å²) in [5.74, 6) is -0.543. The van der Waals surface area contributed by atoms with Crippen LogP contribution in [0.15, 0.2) is 53.4 Å². The second-order valence-electron chi connectivity index (χ2n) is 8.04. The number of ketones is 1. The van der Waals surface area contributed by atoms with E-state index in [0.29, 0.717) is 39.8 Å². The molecule has 2 N–H and O–H groups in total. The molecule has 37 heavy (non-hydrogen) atoms. The number of H-pyrrole nitrogens is 1. The highest BCUT2D eigenvalue weighted by molar-refractivity contribution is 7.10. The van der Waals surface area contributed by atoms with Crippen LogP contribution in [0, 0.1) is 0 Å². The Labute approximate surface area is 220 Å². The lowest BCUT2D eigenvalue weighted by Crippen LogP contribution is -2.30. The number of halogens is 1. The number of anilines is 1. The van der Waals surface area contributed by atoms with Crippen LogP contribution >= 0.6 is 22.9 Å². The molecule has 11 heteroatoms. The van der Waals surface area contributed by atoms with Gasteiger partial charge in [0.1, 0.15) is 17.6 Å². The molecule has 0 spiro atoms. The fourth-order valence-corrected chi connectivity index (χ4v) is 5.32. The molecule has 2 aromatic carbocycles. The molecular weight excluding hydrogens is 518 g/mol. The van der Waals surface area contributed by atoms with Crippen LogP contribution in [0.3, 0.4) is 0 Å². The average molecular weight is 540 g/mol. The van der Waals surface area contributed by atoms with E-state index in [1.54, 1.807) is 42.5 Å². The normalized spacial score (nSPS) is 17.0. The van der Waals surface area contributed by atoms with Gasteiger partial charge >= 0.3 is 5.91 Å². The van der Waals surface area contributed by atoms with Crippen LogP contribution in [0.1, 0.15) is 23.4 Å². The molecule has 1 amide bonds. The number of hydrogen-bond acceptors (Lipinski definition) is 8. The summed E-state index contributed by atoms with van der Waals surface area (Å²) in [6, 6.07) is 10.8. The lowest BCUT2D eigenvalue weighted by Gasteiger charge is -2.21. The van der Waals surface area contributed by atoms with Crippen molar-refractivity contribution in [1.29, 1.82) is 0 Å². The van der Waals surface area contributed by atoms with E-state index in [4.69, 9.17) is 25.8 Å². The lowest BCUT2D eigenvalue weighted by molar-refractivity contribution is -0.132. The Morgan fingerprint density at radius 2 is 1.92 bits per heavy atom. The van der Waals surface area contributed by atoms with Crippen LogP contribution in [-0.4, -0.2) is 47.6 Å². The number of aromatic nitrogens is 2. The van der Waals surface area contributed by atoms with Crippen LogP contribution in [-0.2, 0) is 9.59 Å². The van der Waals surface area contributed by atoms with Crippen molar-refractivity contribution in [3.8, 4) is 17.2 Å². The zero-order valence-corrected chi connectivity index (χ0v) is 21.6. The van der Waals surface area contributed by atoms with Crippen molar-refractivity contribution in [2.45, 2.75) is 13.0 Å². The van der Waals surface area contributed by atoms with Crippen molar-refractivity contribution in [2.75, 3.05) is 25.7 Å². The molecule has 1 aliphatic rings. The Kier molecular flexibility index (Phi) is 6.53. The number of Topliss-reactive ketones (excluding diaryl/α,β-unsaturated/α-hetero) is 1. The molecule has 0 aliphatic carbocycles. The van der Waals surface area contributed by atoms with Gasteiger partial charge in [-0.25, -0.2) is 4.98 Å². The highest BCUT2D eigenvalue weighted by Gasteiger charge is 2.48. The van der Waals surface area contributed by atoms with Crippen LogP contribution in [0.2, 0.25) is 5.02 Å². The van der Waals surface area contributed by atoms with Crippen LogP contribution in [0.5, 0.6) is 17.2 Å². The number of hydrogen-bond donors (Lipinski definition) is 2. The number of carbonyl (C=O) groups excluding carboxylic acids is 2. The first-order valence-electron chi connectivity index (χ1n) is 11.3. The minimum Gasteiger partial charge on any atom is -0.507 e. The Hall–Kier alpha value is -4.02. The summed E-state index contributed by atoms with van der Waals surface area (Å²) in [5.41, 5.74) is 1.17. The SMILES string of the molecule is CCOc1ccc(Cl)c(/C(O)=C2\C(=O)C(=O)N(c3nc4cc(OC)c(OC)cc4[nH]3)C2c2cccs2)c1. The number of methoxy groups -OCH3 is 2. The first-order chi connectivity index (χ1) is 17.9. The molecule has 2 aromatic heterocycles. The Balaban J connectivity index is 1.69. The van der Waals surface area contributed by atoms with Crippen molar-refractivity contribution in [3.63, 3.8) is 0 Å².